The molecular weight excluding hydrogens is 264 g/mol. The first-order valence-corrected chi connectivity index (χ1v) is 6.43. The van der Waals surface area contributed by atoms with Gasteiger partial charge in [-0.05, 0) is 35.0 Å². The van der Waals surface area contributed by atoms with Crippen molar-refractivity contribution in [1.29, 1.82) is 0 Å². The molecule has 1 rings (SSSR count). The Morgan fingerprint density at radius 1 is 1.57 bits per heavy atom. The van der Waals surface area contributed by atoms with Crippen molar-refractivity contribution in [2.24, 2.45) is 0 Å². The molecule has 78 valence electrons. The molecule has 0 aliphatic heterocycles. The maximum Gasteiger partial charge on any atom is 0.265 e. The van der Waals surface area contributed by atoms with Crippen LogP contribution in [-0.4, -0.2) is 15.7 Å². The van der Waals surface area contributed by atoms with Crippen LogP contribution in [0.5, 0.6) is 0 Å². The van der Waals surface area contributed by atoms with Crippen molar-refractivity contribution in [2.75, 3.05) is 5.75 Å². The topological polar surface area (TPSA) is 45.8 Å². The molecule has 0 aliphatic rings. The Morgan fingerprint density at radius 2 is 2.29 bits per heavy atom. The Morgan fingerprint density at radius 3 is 2.86 bits per heavy atom. The number of aryl methyl sites for hydroxylation is 1. The molecule has 0 aromatic carbocycles. The van der Waals surface area contributed by atoms with Gasteiger partial charge >= 0.3 is 0 Å². The fourth-order valence-electron chi connectivity index (χ4n) is 1.01. The Hall–Kier alpha value is -0.290. The number of aromatic nitrogens is 2. The van der Waals surface area contributed by atoms with Crippen LogP contribution < -0.4 is 5.56 Å². The fourth-order valence-corrected chi connectivity index (χ4v) is 1.96. The van der Waals surface area contributed by atoms with Crippen LogP contribution in [0.2, 0.25) is 0 Å². The summed E-state index contributed by atoms with van der Waals surface area (Å²) in [5.41, 5.74) is 0.658. The van der Waals surface area contributed by atoms with Gasteiger partial charge in [-0.1, -0.05) is 6.92 Å². The number of hydrogen-bond donors (Lipinski definition) is 1. The molecular formula is C9H13BrN2OS. The molecule has 0 atom stereocenters. The lowest BCUT2D eigenvalue weighted by molar-refractivity contribution is 0.953. The highest BCUT2D eigenvalue weighted by atomic mass is 79.9. The van der Waals surface area contributed by atoms with E-state index in [0.29, 0.717) is 4.47 Å². The Bertz CT molecular complexity index is 364. The van der Waals surface area contributed by atoms with Gasteiger partial charge in [0.1, 0.15) is 10.3 Å². The van der Waals surface area contributed by atoms with Gasteiger partial charge in [0, 0.05) is 0 Å². The summed E-state index contributed by atoms with van der Waals surface area (Å²) in [7, 11) is 0. The van der Waals surface area contributed by atoms with Crippen LogP contribution in [0.15, 0.2) is 9.27 Å². The van der Waals surface area contributed by atoms with Crippen LogP contribution in [0.3, 0.4) is 0 Å². The van der Waals surface area contributed by atoms with Crippen molar-refractivity contribution in [2.45, 2.75) is 26.0 Å². The highest BCUT2D eigenvalue weighted by Crippen LogP contribution is 2.11. The average Bonchev–Trinajstić information content (AvgIpc) is 2.14. The van der Waals surface area contributed by atoms with Gasteiger partial charge in [-0.3, -0.25) is 4.79 Å². The molecule has 0 unspecified atom stereocenters. The molecule has 0 saturated carbocycles. The van der Waals surface area contributed by atoms with Crippen LogP contribution >= 0.6 is 27.7 Å². The molecule has 0 spiro atoms. The molecule has 3 nitrogen and oxygen atoms in total. The maximum atomic E-state index is 11.3. The summed E-state index contributed by atoms with van der Waals surface area (Å²) in [5.74, 6) is 2.63. The minimum atomic E-state index is -0.0930. The van der Waals surface area contributed by atoms with Gasteiger partial charge < -0.3 is 4.98 Å². The molecule has 0 bridgehead atoms. The van der Waals surface area contributed by atoms with E-state index in [-0.39, 0.29) is 5.56 Å². The van der Waals surface area contributed by atoms with E-state index in [2.05, 4.69) is 32.8 Å². The third kappa shape index (κ3) is 3.13. The lowest BCUT2D eigenvalue weighted by Gasteiger charge is -2.02. The predicted octanol–water partition coefficient (Wildman–Crippen LogP) is 2.48. The first-order chi connectivity index (χ1) is 6.65. The van der Waals surface area contributed by atoms with E-state index in [0.717, 1.165) is 29.4 Å². The van der Waals surface area contributed by atoms with E-state index in [1.807, 2.05) is 6.92 Å². The van der Waals surface area contributed by atoms with Gasteiger partial charge in [0.05, 0.1) is 11.4 Å². The van der Waals surface area contributed by atoms with Gasteiger partial charge in [0.15, 0.2) is 0 Å². The fraction of sp³-hybridized carbons (Fsp3) is 0.556. The first-order valence-electron chi connectivity index (χ1n) is 4.48. The van der Waals surface area contributed by atoms with Gasteiger partial charge in [-0.15, -0.1) is 0 Å². The number of aromatic amines is 1. The number of hydrogen-bond acceptors (Lipinski definition) is 3. The molecule has 1 heterocycles. The zero-order valence-electron chi connectivity index (χ0n) is 8.26. The minimum Gasteiger partial charge on any atom is -0.309 e. The monoisotopic (exact) mass is 276 g/mol. The smallest absolute Gasteiger partial charge is 0.265 e. The van der Waals surface area contributed by atoms with E-state index in [1.165, 1.54) is 0 Å². The van der Waals surface area contributed by atoms with E-state index >= 15 is 0 Å². The Labute approximate surface area is 95.8 Å². The molecule has 0 aliphatic carbocycles. The predicted molar refractivity (Wildman–Crippen MR) is 63.7 cm³/mol. The number of rotatable bonds is 4. The summed E-state index contributed by atoms with van der Waals surface area (Å²) >= 11 is 4.96. The minimum absolute atomic E-state index is 0.0930. The summed E-state index contributed by atoms with van der Waals surface area (Å²) < 4.78 is 0.529. The summed E-state index contributed by atoms with van der Waals surface area (Å²) in [6, 6.07) is 0. The van der Waals surface area contributed by atoms with Crippen molar-refractivity contribution >= 4 is 27.7 Å². The standard InChI is InChI=1S/C9H13BrN2OS/c1-3-4-14-5-7-11-6(2)8(10)9(13)12-7/h3-5H2,1-2H3,(H,11,12,13). The molecule has 14 heavy (non-hydrogen) atoms. The van der Waals surface area contributed by atoms with Crippen LogP contribution in [0.4, 0.5) is 0 Å². The first kappa shape index (κ1) is 11.8. The second-order valence-corrected chi connectivity index (χ2v) is 4.86. The molecule has 5 heteroatoms. The molecule has 0 fully saturated rings. The molecule has 0 saturated heterocycles. The van der Waals surface area contributed by atoms with Crippen molar-refractivity contribution in [1.82, 2.24) is 9.97 Å². The lowest BCUT2D eigenvalue weighted by atomic mass is 10.4. The van der Waals surface area contributed by atoms with E-state index in [9.17, 15) is 4.79 Å². The summed E-state index contributed by atoms with van der Waals surface area (Å²) in [6.45, 7) is 3.96. The molecule has 1 aromatic rings. The molecule has 0 amide bonds. The highest BCUT2D eigenvalue weighted by Gasteiger charge is 2.04. The zero-order valence-corrected chi connectivity index (χ0v) is 10.7. The maximum absolute atomic E-state index is 11.3. The van der Waals surface area contributed by atoms with Crippen LogP contribution in [0.25, 0.3) is 0 Å². The second kappa shape index (κ2) is 5.56. The summed E-state index contributed by atoms with van der Waals surface area (Å²) in [5, 5.41) is 0. The number of halogens is 1. The van der Waals surface area contributed by atoms with Crippen LogP contribution in [0.1, 0.15) is 24.9 Å². The van der Waals surface area contributed by atoms with Crippen molar-refractivity contribution in [3.63, 3.8) is 0 Å². The van der Waals surface area contributed by atoms with Crippen molar-refractivity contribution < 1.29 is 0 Å². The molecule has 1 N–H and O–H groups in total. The van der Waals surface area contributed by atoms with Gasteiger partial charge in [0.25, 0.3) is 5.56 Å². The van der Waals surface area contributed by atoms with E-state index in [1.54, 1.807) is 11.8 Å². The number of nitrogens with zero attached hydrogens (tertiary/aromatic N) is 1. The summed E-state index contributed by atoms with van der Waals surface area (Å²) in [4.78, 5) is 18.4. The van der Waals surface area contributed by atoms with E-state index < -0.39 is 0 Å². The third-order valence-corrected chi connectivity index (χ3v) is 3.77. The van der Waals surface area contributed by atoms with E-state index in [4.69, 9.17) is 0 Å². The number of thioether (sulfide) groups is 1. The van der Waals surface area contributed by atoms with Crippen molar-refractivity contribution in [3.05, 3.63) is 26.3 Å². The lowest BCUT2D eigenvalue weighted by Crippen LogP contribution is -2.13. The largest absolute Gasteiger partial charge is 0.309 e. The number of H-pyrrole nitrogens is 1. The third-order valence-electron chi connectivity index (χ3n) is 1.66. The Kier molecular flexibility index (Phi) is 4.68. The van der Waals surface area contributed by atoms with Crippen molar-refractivity contribution in [3.8, 4) is 0 Å². The second-order valence-electron chi connectivity index (χ2n) is 2.96. The normalized spacial score (nSPS) is 10.5. The summed E-state index contributed by atoms with van der Waals surface area (Å²) in [6.07, 6.45) is 1.14. The van der Waals surface area contributed by atoms with Gasteiger partial charge in [0.2, 0.25) is 0 Å². The van der Waals surface area contributed by atoms with Gasteiger partial charge in [-0.2, -0.15) is 11.8 Å². The Balaban J connectivity index is 2.75. The SMILES string of the molecule is CCCSCc1nc(C)c(Br)c(=O)[nH]1. The highest BCUT2D eigenvalue weighted by molar-refractivity contribution is 9.10. The zero-order chi connectivity index (χ0) is 10.6. The molecule has 1 aromatic heterocycles. The number of nitrogens with one attached hydrogen (secondary N) is 1. The quantitative estimate of drug-likeness (QED) is 0.860. The average molecular weight is 277 g/mol. The van der Waals surface area contributed by atoms with Gasteiger partial charge in [-0.25, -0.2) is 4.98 Å². The molecule has 0 radical (unpaired) electrons. The van der Waals surface area contributed by atoms with Crippen LogP contribution in [-0.2, 0) is 5.75 Å². The van der Waals surface area contributed by atoms with Crippen LogP contribution in [0, 0.1) is 6.92 Å².